The van der Waals surface area contributed by atoms with Crippen LogP contribution in [0.3, 0.4) is 0 Å². The zero-order valence-electron chi connectivity index (χ0n) is 9.57. The average molecular weight is 200 g/mol. The fourth-order valence-electron chi connectivity index (χ4n) is 1.17. The monoisotopic (exact) mass is 200 g/mol. The number of rotatable bonds is 9. The molecule has 84 valence electrons. The standard InChI is InChI=1S/C11H24N2O/c1-3-5-7-9-13-11(14)10-12-8-6-4-2/h12H,3-10H2,1-2H3,(H,13,14). The van der Waals surface area contributed by atoms with Gasteiger partial charge in [-0.15, -0.1) is 0 Å². The van der Waals surface area contributed by atoms with Crippen LogP contribution in [-0.2, 0) is 4.79 Å². The molecule has 0 spiro atoms. The molecule has 0 rings (SSSR count). The molecule has 0 unspecified atom stereocenters. The summed E-state index contributed by atoms with van der Waals surface area (Å²) in [5, 5.41) is 6.01. The SMILES string of the molecule is CCCCCNC(=O)CNCCCC. The number of nitrogens with one attached hydrogen (secondary N) is 2. The zero-order valence-corrected chi connectivity index (χ0v) is 9.57. The summed E-state index contributed by atoms with van der Waals surface area (Å²) in [6.45, 7) is 6.54. The maximum atomic E-state index is 11.2. The Morgan fingerprint density at radius 1 is 1.00 bits per heavy atom. The van der Waals surface area contributed by atoms with E-state index in [1.807, 2.05) is 0 Å². The van der Waals surface area contributed by atoms with Crippen molar-refractivity contribution in [3.63, 3.8) is 0 Å². The van der Waals surface area contributed by atoms with E-state index < -0.39 is 0 Å². The van der Waals surface area contributed by atoms with Gasteiger partial charge < -0.3 is 10.6 Å². The molecule has 0 saturated heterocycles. The molecule has 0 atom stereocenters. The molecule has 0 aliphatic rings. The van der Waals surface area contributed by atoms with Crippen molar-refractivity contribution in [2.24, 2.45) is 0 Å². The molecular weight excluding hydrogens is 176 g/mol. The largest absolute Gasteiger partial charge is 0.355 e. The zero-order chi connectivity index (χ0) is 10.6. The van der Waals surface area contributed by atoms with Crippen LogP contribution in [0.4, 0.5) is 0 Å². The Balaban J connectivity index is 3.11. The summed E-state index contributed by atoms with van der Waals surface area (Å²) in [4.78, 5) is 11.2. The Bertz CT molecular complexity index is 123. The van der Waals surface area contributed by atoms with Crippen molar-refractivity contribution >= 4 is 5.91 Å². The maximum Gasteiger partial charge on any atom is 0.233 e. The van der Waals surface area contributed by atoms with Crippen LogP contribution < -0.4 is 10.6 Å². The molecular formula is C11H24N2O. The minimum absolute atomic E-state index is 0.122. The quantitative estimate of drug-likeness (QED) is 0.556. The summed E-state index contributed by atoms with van der Waals surface area (Å²) in [7, 11) is 0. The van der Waals surface area contributed by atoms with E-state index >= 15 is 0 Å². The first-order chi connectivity index (χ1) is 6.81. The van der Waals surface area contributed by atoms with E-state index in [1.165, 1.54) is 19.3 Å². The summed E-state index contributed by atoms with van der Waals surface area (Å²) in [5.41, 5.74) is 0. The first kappa shape index (κ1) is 13.4. The van der Waals surface area contributed by atoms with E-state index in [-0.39, 0.29) is 5.91 Å². The predicted octanol–water partition coefficient (Wildman–Crippen LogP) is 1.68. The van der Waals surface area contributed by atoms with Gasteiger partial charge in [0.05, 0.1) is 6.54 Å². The Kier molecular flexibility index (Phi) is 10.1. The highest BCUT2D eigenvalue weighted by Crippen LogP contribution is 1.90. The summed E-state index contributed by atoms with van der Waals surface area (Å²) in [5.74, 6) is 0.122. The molecule has 0 aromatic carbocycles. The van der Waals surface area contributed by atoms with Gasteiger partial charge in [0.25, 0.3) is 0 Å². The van der Waals surface area contributed by atoms with Crippen LogP contribution in [0.2, 0.25) is 0 Å². The molecule has 3 nitrogen and oxygen atoms in total. The van der Waals surface area contributed by atoms with Gasteiger partial charge in [0.1, 0.15) is 0 Å². The van der Waals surface area contributed by atoms with Crippen molar-refractivity contribution in [3.05, 3.63) is 0 Å². The summed E-state index contributed by atoms with van der Waals surface area (Å²) in [6.07, 6.45) is 5.81. The number of carbonyl (C=O) groups is 1. The van der Waals surface area contributed by atoms with E-state index in [4.69, 9.17) is 0 Å². The van der Waals surface area contributed by atoms with Gasteiger partial charge in [0.15, 0.2) is 0 Å². The van der Waals surface area contributed by atoms with E-state index in [2.05, 4.69) is 24.5 Å². The van der Waals surface area contributed by atoms with Gasteiger partial charge in [0, 0.05) is 6.54 Å². The van der Waals surface area contributed by atoms with Crippen LogP contribution in [-0.4, -0.2) is 25.5 Å². The second-order valence-corrected chi connectivity index (χ2v) is 3.59. The molecule has 0 heterocycles. The molecule has 3 heteroatoms. The molecule has 2 N–H and O–H groups in total. The number of hydrogen-bond donors (Lipinski definition) is 2. The van der Waals surface area contributed by atoms with Gasteiger partial charge in [-0.3, -0.25) is 4.79 Å². The molecule has 0 bridgehead atoms. The van der Waals surface area contributed by atoms with Gasteiger partial charge in [0.2, 0.25) is 5.91 Å². The lowest BCUT2D eigenvalue weighted by atomic mass is 10.2. The van der Waals surface area contributed by atoms with Crippen molar-refractivity contribution in [2.45, 2.75) is 46.0 Å². The average Bonchev–Trinajstić information content (AvgIpc) is 2.19. The normalized spacial score (nSPS) is 10.1. The Morgan fingerprint density at radius 3 is 2.36 bits per heavy atom. The molecule has 0 saturated carbocycles. The highest BCUT2D eigenvalue weighted by Gasteiger charge is 1.97. The Hall–Kier alpha value is -0.570. The minimum Gasteiger partial charge on any atom is -0.355 e. The Morgan fingerprint density at radius 2 is 1.71 bits per heavy atom. The van der Waals surface area contributed by atoms with Crippen molar-refractivity contribution in [2.75, 3.05) is 19.6 Å². The van der Waals surface area contributed by atoms with Crippen molar-refractivity contribution < 1.29 is 4.79 Å². The topological polar surface area (TPSA) is 41.1 Å². The van der Waals surface area contributed by atoms with Crippen molar-refractivity contribution in [1.82, 2.24) is 10.6 Å². The van der Waals surface area contributed by atoms with Crippen LogP contribution in [0.5, 0.6) is 0 Å². The fourth-order valence-corrected chi connectivity index (χ4v) is 1.17. The highest BCUT2D eigenvalue weighted by molar-refractivity contribution is 5.77. The number of carbonyl (C=O) groups excluding carboxylic acids is 1. The van der Waals surface area contributed by atoms with Gasteiger partial charge in [-0.1, -0.05) is 33.1 Å². The van der Waals surface area contributed by atoms with E-state index in [9.17, 15) is 4.79 Å². The molecule has 0 fully saturated rings. The van der Waals surface area contributed by atoms with E-state index in [0.717, 1.165) is 25.9 Å². The van der Waals surface area contributed by atoms with Crippen molar-refractivity contribution in [3.8, 4) is 0 Å². The third-order valence-corrected chi connectivity index (χ3v) is 2.10. The van der Waals surface area contributed by atoms with Gasteiger partial charge in [-0.25, -0.2) is 0 Å². The van der Waals surface area contributed by atoms with Crippen LogP contribution >= 0.6 is 0 Å². The molecule has 0 radical (unpaired) electrons. The summed E-state index contributed by atoms with van der Waals surface area (Å²) < 4.78 is 0. The molecule has 14 heavy (non-hydrogen) atoms. The lowest BCUT2D eigenvalue weighted by Gasteiger charge is -2.05. The minimum atomic E-state index is 0.122. The van der Waals surface area contributed by atoms with Gasteiger partial charge >= 0.3 is 0 Å². The lowest BCUT2D eigenvalue weighted by Crippen LogP contribution is -2.34. The van der Waals surface area contributed by atoms with Gasteiger partial charge in [-0.05, 0) is 19.4 Å². The highest BCUT2D eigenvalue weighted by atomic mass is 16.1. The number of hydrogen-bond acceptors (Lipinski definition) is 2. The van der Waals surface area contributed by atoms with Crippen LogP contribution in [0.25, 0.3) is 0 Å². The lowest BCUT2D eigenvalue weighted by molar-refractivity contribution is -0.120. The maximum absolute atomic E-state index is 11.2. The third-order valence-electron chi connectivity index (χ3n) is 2.10. The Labute approximate surface area is 87.6 Å². The van der Waals surface area contributed by atoms with Crippen LogP contribution in [0.1, 0.15) is 46.0 Å². The number of unbranched alkanes of at least 4 members (excludes halogenated alkanes) is 3. The van der Waals surface area contributed by atoms with E-state index in [0.29, 0.717) is 6.54 Å². The van der Waals surface area contributed by atoms with Gasteiger partial charge in [-0.2, -0.15) is 0 Å². The number of amides is 1. The fraction of sp³-hybridized carbons (Fsp3) is 0.909. The van der Waals surface area contributed by atoms with Crippen molar-refractivity contribution in [1.29, 1.82) is 0 Å². The second kappa shape index (κ2) is 10.5. The summed E-state index contributed by atoms with van der Waals surface area (Å²) >= 11 is 0. The van der Waals surface area contributed by atoms with Crippen LogP contribution in [0, 0.1) is 0 Å². The predicted molar refractivity (Wildman–Crippen MR) is 60.3 cm³/mol. The van der Waals surface area contributed by atoms with Crippen LogP contribution in [0.15, 0.2) is 0 Å². The molecule has 0 aliphatic carbocycles. The smallest absolute Gasteiger partial charge is 0.233 e. The van der Waals surface area contributed by atoms with E-state index in [1.54, 1.807) is 0 Å². The third kappa shape index (κ3) is 9.52. The first-order valence-corrected chi connectivity index (χ1v) is 5.78. The summed E-state index contributed by atoms with van der Waals surface area (Å²) in [6, 6.07) is 0. The molecule has 1 amide bonds. The second-order valence-electron chi connectivity index (χ2n) is 3.59. The molecule has 0 aromatic heterocycles. The molecule has 0 aliphatic heterocycles. The molecule has 0 aromatic rings. The first-order valence-electron chi connectivity index (χ1n) is 5.78.